The van der Waals surface area contributed by atoms with Gasteiger partial charge in [0, 0.05) is 25.9 Å². The fourth-order valence-corrected chi connectivity index (χ4v) is 3.70. The summed E-state index contributed by atoms with van der Waals surface area (Å²) in [5, 5.41) is 20.1. The van der Waals surface area contributed by atoms with Crippen molar-refractivity contribution in [3.05, 3.63) is 35.4 Å². The van der Waals surface area contributed by atoms with Gasteiger partial charge in [-0.25, -0.2) is 15.0 Å². The van der Waals surface area contributed by atoms with E-state index in [-0.39, 0.29) is 17.7 Å². The fourth-order valence-electron chi connectivity index (χ4n) is 3.70. The minimum Gasteiger partial charge on any atom is -0.391 e. The zero-order valence-corrected chi connectivity index (χ0v) is 16.9. The first kappa shape index (κ1) is 20.8. The van der Waals surface area contributed by atoms with Crippen LogP contribution in [0.15, 0.2) is 12.7 Å². The van der Waals surface area contributed by atoms with Gasteiger partial charge in [0.1, 0.15) is 18.5 Å². The minimum absolute atomic E-state index is 0.0753. The van der Waals surface area contributed by atoms with Gasteiger partial charge in [0.05, 0.1) is 29.1 Å². The van der Waals surface area contributed by atoms with Crippen molar-refractivity contribution in [2.24, 2.45) is 13.0 Å². The number of hydrogen-bond acceptors (Lipinski definition) is 7. The molecule has 2 aromatic rings. The molecule has 1 fully saturated rings. The molecule has 2 heterocycles. The number of carbonyl (C=O) groups excluding carboxylic acids is 2. The highest BCUT2D eigenvalue weighted by Gasteiger charge is 2.34. The van der Waals surface area contributed by atoms with Crippen LogP contribution < -0.4 is 10.6 Å². The third kappa shape index (κ3) is 4.94. The smallest absolute Gasteiger partial charge is 0.255 e. The molecular formula is C19H27N7O3. The highest BCUT2D eigenvalue weighted by atomic mass is 16.3. The first-order chi connectivity index (χ1) is 13.9. The summed E-state index contributed by atoms with van der Waals surface area (Å²) >= 11 is 0. The van der Waals surface area contributed by atoms with Crippen molar-refractivity contribution in [3.63, 3.8) is 0 Å². The van der Waals surface area contributed by atoms with E-state index < -0.39 is 12.1 Å². The highest BCUT2D eigenvalue weighted by molar-refractivity contribution is 5.96. The van der Waals surface area contributed by atoms with Crippen LogP contribution in [0.5, 0.6) is 0 Å². The maximum Gasteiger partial charge on any atom is 0.255 e. The molecule has 10 heteroatoms. The van der Waals surface area contributed by atoms with Crippen molar-refractivity contribution in [1.29, 1.82) is 0 Å². The summed E-state index contributed by atoms with van der Waals surface area (Å²) < 4.78 is 1.67. The summed E-state index contributed by atoms with van der Waals surface area (Å²) in [6.07, 6.45) is 4.21. The normalized spacial score (nSPS) is 21.6. The molecule has 1 aliphatic rings. The molecule has 0 aromatic carbocycles. The zero-order chi connectivity index (χ0) is 21.0. The van der Waals surface area contributed by atoms with Gasteiger partial charge in [-0.3, -0.25) is 14.3 Å². The van der Waals surface area contributed by atoms with E-state index >= 15 is 0 Å². The Morgan fingerprint density at radius 1 is 1.17 bits per heavy atom. The number of carbonyl (C=O) groups is 2. The van der Waals surface area contributed by atoms with Crippen LogP contribution >= 0.6 is 0 Å². The Bertz CT molecular complexity index is 862. The van der Waals surface area contributed by atoms with E-state index in [1.807, 2.05) is 0 Å². The molecule has 0 saturated heterocycles. The Balaban J connectivity index is 1.56. The number of aromatic nitrogens is 5. The van der Waals surface area contributed by atoms with Crippen LogP contribution in [0, 0.1) is 19.8 Å². The largest absolute Gasteiger partial charge is 0.391 e. The molecule has 2 amide bonds. The zero-order valence-electron chi connectivity index (χ0n) is 16.9. The molecule has 2 aromatic heterocycles. The molecule has 0 bridgehead atoms. The standard InChI is InChI=1S/C19H27N7O3/c1-11-17(12(2)22-9-21-11)19(29)25-14-8-13(4-5-15(14)27)18(28)20-7-6-16-23-10-24-26(16)3/h9-10,13-15,27H,4-8H2,1-3H3,(H,20,28)(H,25,29)/t13-,14+,15+/m0/s1. The number of nitrogens with zero attached hydrogens (tertiary/aromatic N) is 5. The number of rotatable bonds is 6. The van der Waals surface area contributed by atoms with Crippen LogP contribution in [0.4, 0.5) is 0 Å². The molecule has 0 radical (unpaired) electrons. The summed E-state index contributed by atoms with van der Waals surface area (Å²) in [5.74, 6) is 0.129. The summed E-state index contributed by atoms with van der Waals surface area (Å²) in [6.45, 7) is 3.95. The number of aliphatic hydroxyl groups is 1. The second-order valence-corrected chi connectivity index (χ2v) is 7.42. The number of aliphatic hydroxyl groups excluding tert-OH is 1. The third-order valence-corrected chi connectivity index (χ3v) is 5.41. The molecule has 1 saturated carbocycles. The molecule has 3 rings (SSSR count). The predicted molar refractivity (Wildman–Crippen MR) is 104 cm³/mol. The van der Waals surface area contributed by atoms with E-state index in [4.69, 9.17) is 0 Å². The van der Waals surface area contributed by atoms with Crippen molar-refractivity contribution < 1.29 is 14.7 Å². The average Bonchev–Trinajstić information content (AvgIpc) is 3.08. The van der Waals surface area contributed by atoms with Gasteiger partial charge in [-0.15, -0.1) is 0 Å². The van der Waals surface area contributed by atoms with Gasteiger partial charge in [0.25, 0.3) is 5.91 Å². The first-order valence-corrected chi connectivity index (χ1v) is 9.74. The Morgan fingerprint density at radius 3 is 2.55 bits per heavy atom. The molecule has 0 unspecified atom stereocenters. The van der Waals surface area contributed by atoms with Gasteiger partial charge >= 0.3 is 0 Å². The van der Waals surface area contributed by atoms with Crippen molar-refractivity contribution in [2.45, 2.75) is 51.7 Å². The Hall–Kier alpha value is -2.88. The maximum absolute atomic E-state index is 12.7. The van der Waals surface area contributed by atoms with E-state index in [0.29, 0.717) is 49.2 Å². The third-order valence-electron chi connectivity index (χ3n) is 5.41. The Kier molecular flexibility index (Phi) is 6.53. The molecule has 10 nitrogen and oxygen atoms in total. The summed E-state index contributed by atoms with van der Waals surface area (Å²) in [5.41, 5.74) is 1.58. The van der Waals surface area contributed by atoms with Gasteiger partial charge < -0.3 is 15.7 Å². The molecule has 1 aliphatic carbocycles. The lowest BCUT2D eigenvalue weighted by atomic mass is 9.83. The molecule has 156 valence electrons. The molecule has 3 atom stereocenters. The van der Waals surface area contributed by atoms with E-state index in [1.54, 1.807) is 25.6 Å². The molecule has 0 aliphatic heterocycles. The fraction of sp³-hybridized carbons (Fsp3) is 0.579. The number of amides is 2. The van der Waals surface area contributed by atoms with Gasteiger partial charge in [-0.1, -0.05) is 0 Å². The van der Waals surface area contributed by atoms with Crippen molar-refractivity contribution >= 4 is 11.8 Å². The summed E-state index contributed by atoms with van der Waals surface area (Å²) in [4.78, 5) is 37.5. The van der Waals surface area contributed by atoms with Crippen molar-refractivity contribution in [1.82, 2.24) is 35.4 Å². The van der Waals surface area contributed by atoms with Gasteiger partial charge in [-0.05, 0) is 33.1 Å². The van der Waals surface area contributed by atoms with E-state index in [0.717, 1.165) is 5.82 Å². The highest BCUT2D eigenvalue weighted by Crippen LogP contribution is 2.25. The molecule has 3 N–H and O–H groups in total. The summed E-state index contributed by atoms with van der Waals surface area (Å²) in [6, 6.07) is -0.496. The lowest BCUT2D eigenvalue weighted by Gasteiger charge is -2.33. The lowest BCUT2D eigenvalue weighted by Crippen LogP contribution is -2.50. The van der Waals surface area contributed by atoms with Crippen molar-refractivity contribution in [3.8, 4) is 0 Å². The topological polar surface area (TPSA) is 135 Å². The van der Waals surface area contributed by atoms with Crippen LogP contribution in [-0.4, -0.2) is 60.3 Å². The van der Waals surface area contributed by atoms with E-state index in [2.05, 4.69) is 30.7 Å². The first-order valence-electron chi connectivity index (χ1n) is 9.74. The lowest BCUT2D eigenvalue weighted by molar-refractivity contribution is -0.127. The molecule has 29 heavy (non-hydrogen) atoms. The average molecular weight is 401 g/mol. The van der Waals surface area contributed by atoms with Crippen LogP contribution in [0.2, 0.25) is 0 Å². The number of aryl methyl sites for hydroxylation is 3. The summed E-state index contributed by atoms with van der Waals surface area (Å²) in [7, 11) is 1.81. The number of nitrogens with one attached hydrogen (secondary N) is 2. The van der Waals surface area contributed by atoms with Crippen LogP contribution in [0.1, 0.15) is 46.8 Å². The number of hydrogen-bond donors (Lipinski definition) is 3. The molecular weight excluding hydrogens is 374 g/mol. The van der Waals surface area contributed by atoms with Gasteiger partial charge in [-0.2, -0.15) is 5.10 Å². The van der Waals surface area contributed by atoms with Crippen molar-refractivity contribution in [2.75, 3.05) is 6.54 Å². The maximum atomic E-state index is 12.7. The van der Waals surface area contributed by atoms with Crippen LogP contribution in [0.3, 0.4) is 0 Å². The van der Waals surface area contributed by atoms with Gasteiger partial charge in [0.15, 0.2) is 0 Å². The predicted octanol–water partition coefficient (Wildman–Crippen LogP) is -0.160. The second-order valence-electron chi connectivity index (χ2n) is 7.42. The SMILES string of the molecule is Cc1ncnc(C)c1C(=O)N[C@@H]1C[C@@H](C(=O)NCCc2ncnn2C)CC[C@H]1O. The second kappa shape index (κ2) is 9.08. The minimum atomic E-state index is -0.688. The van der Waals surface area contributed by atoms with Gasteiger partial charge in [0.2, 0.25) is 5.91 Å². The Labute approximate surface area is 169 Å². The Morgan fingerprint density at radius 2 is 1.90 bits per heavy atom. The monoisotopic (exact) mass is 401 g/mol. The van der Waals surface area contributed by atoms with E-state index in [1.165, 1.54) is 12.7 Å². The molecule has 0 spiro atoms. The van der Waals surface area contributed by atoms with Crippen LogP contribution in [-0.2, 0) is 18.3 Å². The quantitative estimate of drug-likeness (QED) is 0.612. The van der Waals surface area contributed by atoms with E-state index in [9.17, 15) is 14.7 Å². The van der Waals surface area contributed by atoms with Crippen LogP contribution in [0.25, 0.3) is 0 Å².